The summed E-state index contributed by atoms with van der Waals surface area (Å²) in [7, 11) is 1.57. The third kappa shape index (κ3) is 4.14. The minimum atomic E-state index is -1.01. The number of ether oxygens (including phenoxy) is 1. The van der Waals surface area contributed by atoms with E-state index in [1.807, 2.05) is 0 Å². The number of ketones is 2. The van der Waals surface area contributed by atoms with Crippen molar-refractivity contribution >= 4 is 29.0 Å². The third-order valence-corrected chi connectivity index (χ3v) is 5.79. The van der Waals surface area contributed by atoms with Gasteiger partial charge >= 0.3 is 0 Å². The van der Waals surface area contributed by atoms with Crippen LogP contribution in [0.1, 0.15) is 29.2 Å². The van der Waals surface area contributed by atoms with E-state index in [0.717, 1.165) is 5.56 Å². The van der Waals surface area contributed by atoms with Gasteiger partial charge in [0.1, 0.15) is 11.5 Å². The van der Waals surface area contributed by atoms with Gasteiger partial charge in [-0.3, -0.25) is 19.7 Å². The molecule has 1 unspecified atom stereocenters. The molecule has 1 aromatic heterocycles. The number of methoxy groups -OCH3 is 1. The molecule has 2 aromatic rings. The molecule has 140 valence electrons. The lowest BCUT2D eigenvalue weighted by Crippen LogP contribution is -2.43. The number of thiophene rings is 1. The molecule has 0 bridgehead atoms. The number of rotatable bonds is 6. The lowest BCUT2D eigenvalue weighted by Gasteiger charge is -2.30. The van der Waals surface area contributed by atoms with Crippen molar-refractivity contribution in [2.24, 2.45) is 5.92 Å². The van der Waals surface area contributed by atoms with Crippen LogP contribution >= 0.6 is 11.3 Å². The Kier molecular flexibility index (Phi) is 5.81. The van der Waals surface area contributed by atoms with Crippen LogP contribution in [0.3, 0.4) is 0 Å². The first-order valence-corrected chi connectivity index (χ1v) is 9.45. The standard InChI is InChI=1S/C20H19NO5S/c1-26-14-7-4-13(5-8-14)6-10-16(22)20-17(23)11-9-15(21(24)25)19(20)18-3-2-12-27-18/h2-8,10,12,15,19-20H,9,11H2,1H3/b10-6+/t15-,19-,20?/m0/s1. The highest BCUT2D eigenvalue weighted by Gasteiger charge is 2.48. The second-order valence-electron chi connectivity index (χ2n) is 6.39. The predicted molar refractivity (Wildman–Crippen MR) is 103 cm³/mol. The topological polar surface area (TPSA) is 86.5 Å². The Bertz CT molecular complexity index is 857. The van der Waals surface area contributed by atoms with Gasteiger partial charge in [-0.1, -0.05) is 24.3 Å². The minimum absolute atomic E-state index is 0.0559. The molecule has 1 heterocycles. The Hall–Kier alpha value is -2.80. The van der Waals surface area contributed by atoms with Crippen LogP contribution in [0.5, 0.6) is 5.75 Å². The van der Waals surface area contributed by atoms with E-state index in [2.05, 4.69) is 0 Å². The fraction of sp³-hybridized carbons (Fsp3) is 0.300. The SMILES string of the molecule is COc1ccc(/C=C/C(=O)C2C(=O)CC[C@H]([N+](=O)[O-])[C@H]2c2cccs2)cc1. The molecule has 0 spiro atoms. The van der Waals surface area contributed by atoms with E-state index >= 15 is 0 Å². The van der Waals surface area contributed by atoms with E-state index in [1.165, 1.54) is 17.4 Å². The molecule has 0 radical (unpaired) electrons. The highest BCUT2D eigenvalue weighted by molar-refractivity contribution is 7.10. The zero-order chi connectivity index (χ0) is 19.4. The van der Waals surface area contributed by atoms with Crippen LogP contribution in [0.4, 0.5) is 0 Å². The average molecular weight is 385 g/mol. The highest BCUT2D eigenvalue weighted by Crippen LogP contribution is 2.40. The first kappa shape index (κ1) is 19.0. The van der Waals surface area contributed by atoms with Crippen LogP contribution in [0, 0.1) is 16.0 Å². The Morgan fingerprint density at radius 1 is 1.30 bits per heavy atom. The van der Waals surface area contributed by atoms with Gasteiger partial charge in [0, 0.05) is 22.6 Å². The summed E-state index contributed by atoms with van der Waals surface area (Å²) in [5, 5.41) is 13.3. The molecule has 3 atom stereocenters. The second kappa shape index (κ2) is 8.26. The largest absolute Gasteiger partial charge is 0.497 e. The Balaban J connectivity index is 1.87. The van der Waals surface area contributed by atoms with Gasteiger partial charge < -0.3 is 4.74 Å². The number of nitrogens with zero attached hydrogens (tertiary/aromatic N) is 1. The number of benzene rings is 1. The molecule has 0 amide bonds. The average Bonchev–Trinajstić information content (AvgIpc) is 3.20. The van der Waals surface area contributed by atoms with Crippen LogP contribution < -0.4 is 4.74 Å². The van der Waals surface area contributed by atoms with Crippen LogP contribution in [-0.4, -0.2) is 29.6 Å². The van der Waals surface area contributed by atoms with Crippen molar-refractivity contribution in [3.8, 4) is 5.75 Å². The number of carbonyl (C=O) groups is 2. The summed E-state index contributed by atoms with van der Waals surface area (Å²) in [5.41, 5.74) is 0.783. The first-order chi connectivity index (χ1) is 13.0. The molecule has 1 aliphatic rings. The summed E-state index contributed by atoms with van der Waals surface area (Å²) in [6.45, 7) is 0. The lowest BCUT2D eigenvalue weighted by molar-refractivity contribution is -0.529. The molecule has 0 N–H and O–H groups in total. The fourth-order valence-corrected chi connectivity index (χ4v) is 4.37. The number of hydrogen-bond donors (Lipinski definition) is 0. The van der Waals surface area contributed by atoms with Crippen molar-refractivity contribution in [3.05, 3.63) is 68.4 Å². The van der Waals surface area contributed by atoms with Crippen LogP contribution in [-0.2, 0) is 9.59 Å². The molecule has 1 aromatic carbocycles. The van der Waals surface area contributed by atoms with Crippen molar-refractivity contribution in [2.75, 3.05) is 7.11 Å². The molecule has 6 nitrogen and oxygen atoms in total. The van der Waals surface area contributed by atoms with Crippen LogP contribution in [0.15, 0.2) is 47.9 Å². The molecule has 0 aliphatic heterocycles. The molecule has 1 saturated carbocycles. The molecule has 27 heavy (non-hydrogen) atoms. The number of nitro groups is 1. The van der Waals surface area contributed by atoms with Crippen molar-refractivity contribution in [2.45, 2.75) is 24.8 Å². The molecule has 1 aliphatic carbocycles. The van der Waals surface area contributed by atoms with Crippen molar-refractivity contribution in [1.29, 1.82) is 0 Å². The maximum absolute atomic E-state index is 12.8. The third-order valence-electron chi connectivity index (χ3n) is 4.81. The molecule has 7 heteroatoms. The monoisotopic (exact) mass is 385 g/mol. The Morgan fingerprint density at radius 3 is 2.63 bits per heavy atom. The number of carbonyl (C=O) groups excluding carboxylic acids is 2. The summed E-state index contributed by atoms with van der Waals surface area (Å²) in [5.74, 6) is -1.64. The molecular formula is C20H19NO5S. The van der Waals surface area contributed by atoms with E-state index in [0.29, 0.717) is 10.6 Å². The Labute approximate surface area is 160 Å². The van der Waals surface area contributed by atoms with Gasteiger partial charge in [-0.25, -0.2) is 0 Å². The van der Waals surface area contributed by atoms with E-state index in [1.54, 1.807) is 55.0 Å². The second-order valence-corrected chi connectivity index (χ2v) is 7.36. The van der Waals surface area contributed by atoms with E-state index in [-0.39, 0.29) is 29.3 Å². The van der Waals surface area contributed by atoms with Crippen molar-refractivity contribution in [3.63, 3.8) is 0 Å². The minimum Gasteiger partial charge on any atom is -0.497 e. The fourth-order valence-electron chi connectivity index (χ4n) is 3.45. The number of hydrogen-bond acceptors (Lipinski definition) is 6. The smallest absolute Gasteiger partial charge is 0.222 e. The lowest BCUT2D eigenvalue weighted by atomic mass is 9.72. The summed E-state index contributed by atoms with van der Waals surface area (Å²) < 4.78 is 5.10. The predicted octanol–water partition coefficient (Wildman–Crippen LogP) is 3.75. The van der Waals surface area contributed by atoms with E-state index in [9.17, 15) is 19.7 Å². The molecule has 0 saturated heterocycles. The summed E-state index contributed by atoms with van der Waals surface area (Å²) in [6.07, 6.45) is 3.20. The van der Waals surface area contributed by atoms with Gasteiger partial charge in [-0.05, 0) is 35.2 Å². The molecule has 1 fully saturated rings. The number of Topliss-reactive ketones (excluding diaryl/α,β-unsaturated/α-hetero) is 1. The zero-order valence-corrected chi connectivity index (χ0v) is 15.6. The van der Waals surface area contributed by atoms with Gasteiger partial charge in [0.05, 0.1) is 18.9 Å². The maximum Gasteiger partial charge on any atom is 0.222 e. The summed E-state index contributed by atoms with van der Waals surface area (Å²) in [6, 6.07) is 9.75. The van der Waals surface area contributed by atoms with Gasteiger partial charge in [0.15, 0.2) is 5.78 Å². The maximum atomic E-state index is 12.8. The van der Waals surface area contributed by atoms with E-state index in [4.69, 9.17) is 4.74 Å². The van der Waals surface area contributed by atoms with E-state index < -0.39 is 17.9 Å². The first-order valence-electron chi connectivity index (χ1n) is 8.57. The summed E-state index contributed by atoms with van der Waals surface area (Å²) in [4.78, 5) is 37.2. The van der Waals surface area contributed by atoms with Crippen molar-refractivity contribution < 1.29 is 19.2 Å². The normalized spacial score (nSPS) is 22.7. The van der Waals surface area contributed by atoms with Gasteiger partial charge in [0.25, 0.3) is 0 Å². The molecule has 3 rings (SSSR count). The van der Waals surface area contributed by atoms with Gasteiger partial charge in [0.2, 0.25) is 6.04 Å². The Morgan fingerprint density at radius 2 is 2.04 bits per heavy atom. The zero-order valence-electron chi connectivity index (χ0n) is 14.7. The van der Waals surface area contributed by atoms with Crippen LogP contribution in [0.25, 0.3) is 6.08 Å². The summed E-state index contributed by atoms with van der Waals surface area (Å²) >= 11 is 1.35. The van der Waals surface area contributed by atoms with Gasteiger partial charge in [-0.15, -0.1) is 11.3 Å². The van der Waals surface area contributed by atoms with Crippen molar-refractivity contribution in [1.82, 2.24) is 0 Å². The van der Waals surface area contributed by atoms with Gasteiger partial charge in [-0.2, -0.15) is 0 Å². The quantitative estimate of drug-likeness (QED) is 0.327. The molecular weight excluding hydrogens is 366 g/mol. The highest BCUT2D eigenvalue weighted by atomic mass is 32.1. The number of allylic oxidation sites excluding steroid dienone is 1. The van der Waals surface area contributed by atoms with Crippen LogP contribution in [0.2, 0.25) is 0 Å².